The van der Waals surface area contributed by atoms with Crippen LogP contribution < -0.4 is 5.73 Å². The number of nitrogen functional groups attached to an aromatic ring is 1. The van der Waals surface area contributed by atoms with Crippen LogP contribution in [0.3, 0.4) is 0 Å². The summed E-state index contributed by atoms with van der Waals surface area (Å²) >= 11 is 0. The number of hydrogen-bond acceptors (Lipinski definition) is 6. The number of fused-ring (bicyclic) bond motifs is 2. The maximum absolute atomic E-state index is 9.96. The average molecular weight is 371 g/mol. The van der Waals surface area contributed by atoms with E-state index in [-0.39, 0.29) is 17.4 Å². The number of pyridine rings is 1. The Balaban J connectivity index is 1.87. The van der Waals surface area contributed by atoms with Crippen LogP contribution in [0.5, 0.6) is 11.5 Å². The largest absolute Gasteiger partial charge is 0.504 e. The molecule has 0 spiro atoms. The van der Waals surface area contributed by atoms with Crippen molar-refractivity contribution in [1.29, 1.82) is 0 Å². The third kappa shape index (κ3) is 3.21. The standard InChI is InChI=1S/C21H29N3O3/c1-12(2)24-7-4-3-5-17(24)14-11-27-8-6-15-20(14)21(22)13-9-18(25)19(26)10-16(13)23-15/h9-10,12,14,17,25-26H,3-8,11H2,1-2H3,(H2,22,23). The molecule has 27 heavy (non-hydrogen) atoms. The van der Waals surface area contributed by atoms with E-state index in [4.69, 9.17) is 15.5 Å². The Labute approximate surface area is 160 Å². The number of likely N-dealkylation sites (tertiary alicyclic amines) is 1. The number of phenolic OH excluding ortho intramolecular Hbond substituents is 2. The lowest BCUT2D eigenvalue weighted by Gasteiger charge is -2.43. The second-order valence-electron chi connectivity index (χ2n) is 8.07. The number of nitrogens with two attached hydrogens (primary N) is 1. The van der Waals surface area contributed by atoms with Gasteiger partial charge in [-0.15, -0.1) is 0 Å². The molecule has 0 radical (unpaired) electrons. The van der Waals surface area contributed by atoms with Gasteiger partial charge in [-0.25, -0.2) is 0 Å². The van der Waals surface area contributed by atoms with Crippen molar-refractivity contribution in [2.24, 2.45) is 0 Å². The number of hydrogen-bond donors (Lipinski definition) is 3. The van der Waals surface area contributed by atoms with Gasteiger partial charge in [0.25, 0.3) is 0 Å². The molecule has 1 saturated heterocycles. The zero-order valence-corrected chi connectivity index (χ0v) is 16.1. The fourth-order valence-corrected chi connectivity index (χ4v) is 4.80. The van der Waals surface area contributed by atoms with Crippen LogP contribution in [0.4, 0.5) is 5.69 Å². The van der Waals surface area contributed by atoms with E-state index in [1.165, 1.54) is 25.0 Å². The second-order valence-corrected chi connectivity index (χ2v) is 8.07. The van der Waals surface area contributed by atoms with Gasteiger partial charge in [-0.1, -0.05) is 6.42 Å². The Morgan fingerprint density at radius 1 is 1.22 bits per heavy atom. The van der Waals surface area contributed by atoms with Crippen molar-refractivity contribution in [3.05, 3.63) is 23.4 Å². The Morgan fingerprint density at radius 3 is 2.78 bits per heavy atom. The first kappa shape index (κ1) is 18.3. The molecule has 0 amide bonds. The molecule has 146 valence electrons. The number of piperidine rings is 1. The SMILES string of the molecule is CC(C)N1CCCCC1C1COCCc2nc3cc(O)c(O)cc3c(N)c21. The van der Waals surface area contributed by atoms with Crippen molar-refractivity contribution >= 4 is 16.6 Å². The van der Waals surface area contributed by atoms with Crippen molar-refractivity contribution < 1.29 is 14.9 Å². The highest BCUT2D eigenvalue weighted by Crippen LogP contribution is 2.42. The minimum Gasteiger partial charge on any atom is -0.504 e. The topological polar surface area (TPSA) is 91.8 Å². The van der Waals surface area contributed by atoms with Gasteiger partial charge >= 0.3 is 0 Å². The smallest absolute Gasteiger partial charge is 0.159 e. The molecule has 4 N–H and O–H groups in total. The van der Waals surface area contributed by atoms with Gasteiger partial charge in [0.1, 0.15) is 0 Å². The molecule has 2 unspecified atom stereocenters. The zero-order chi connectivity index (χ0) is 19.1. The van der Waals surface area contributed by atoms with Crippen LogP contribution in [0, 0.1) is 0 Å². The number of benzene rings is 1. The fourth-order valence-electron chi connectivity index (χ4n) is 4.80. The van der Waals surface area contributed by atoms with Gasteiger partial charge in [-0.05, 0) is 39.3 Å². The van der Waals surface area contributed by atoms with E-state index in [1.54, 1.807) is 0 Å². The predicted octanol–water partition coefficient (Wildman–Crippen LogP) is 3.15. The molecule has 2 aliphatic rings. The molecular formula is C21H29N3O3. The van der Waals surface area contributed by atoms with E-state index in [2.05, 4.69) is 18.7 Å². The highest BCUT2D eigenvalue weighted by Gasteiger charge is 2.36. The number of aromatic hydroxyl groups is 2. The lowest BCUT2D eigenvalue weighted by atomic mass is 9.82. The van der Waals surface area contributed by atoms with Crippen LogP contribution in [0.25, 0.3) is 10.9 Å². The van der Waals surface area contributed by atoms with Crippen LogP contribution in [0.15, 0.2) is 12.1 Å². The van der Waals surface area contributed by atoms with Crippen molar-refractivity contribution in [3.8, 4) is 11.5 Å². The highest BCUT2D eigenvalue weighted by atomic mass is 16.5. The van der Waals surface area contributed by atoms with Crippen LogP contribution in [-0.4, -0.2) is 51.9 Å². The summed E-state index contributed by atoms with van der Waals surface area (Å²) in [6.45, 7) is 6.87. The van der Waals surface area contributed by atoms with Crippen LogP contribution in [0.2, 0.25) is 0 Å². The van der Waals surface area contributed by atoms with Gasteiger partial charge in [-0.3, -0.25) is 9.88 Å². The van der Waals surface area contributed by atoms with Gasteiger partial charge in [0, 0.05) is 52.8 Å². The summed E-state index contributed by atoms with van der Waals surface area (Å²) in [6, 6.07) is 3.86. The van der Waals surface area contributed by atoms with E-state index in [1.807, 2.05) is 0 Å². The summed E-state index contributed by atoms with van der Waals surface area (Å²) in [6.07, 6.45) is 4.29. The molecular weight excluding hydrogens is 342 g/mol. The molecule has 1 aromatic carbocycles. The molecule has 0 aliphatic carbocycles. The number of anilines is 1. The maximum atomic E-state index is 9.96. The van der Waals surface area contributed by atoms with E-state index < -0.39 is 0 Å². The van der Waals surface area contributed by atoms with E-state index in [0.717, 1.165) is 24.2 Å². The molecule has 0 bridgehead atoms. The maximum Gasteiger partial charge on any atom is 0.159 e. The van der Waals surface area contributed by atoms with Crippen LogP contribution in [0.1, 0.15) is 50.3 Å². The van der Waals surface area contributed by atoms with Gasteiger partial charge in [-0.2, -0.15) is 0 Å². The molecule has 2 atom stereocenters. The molecule has 3 heterocycles. The number of nitrogens with zero attached hydrogens (tertiary/aromatic N) is 2. The number of ether oxygens (including phenoxy) is 1. The minimum atomic E-state index is -0.172. The third-order valence-electron chi connectivity index (χ3n) is 6.11. The first-order valence-corrected chi connectivity index (χ1v) is 9.94. The van der Waals surface area contributed by atoms with Crippen molar-refractivity contribution in [3.63, 3.8) is 0 Å². The Hall–Kier alpha value is -2.05. The Kier molecular flexibility index (Phi) is 4.86. The lowest BCUT2D eigenvalue weighted by molar-refractivity contribution is 0.0510. The van der Waals surface area contributed by atoms with Crippen LogP contribution in [-0.2, 0) is 11.2 Å². The molecule has 1 aromatic heterocycles. The van der Waals surface area contributed by atoms with Gasteiger partial charge in [0.05, 0.1) is 18.7 Å². The summed E-state index contributed by atoms with van der Waals surface area (Å²) in [5, 5.41) is 20.5. The first-order chi connectivity index (χ1) is 13.0. The monoisotopic (exact) mass is 371 g/mol. The molecule has 1 fully saturated rings. The summed E-state index contributed by atoms with van der Waals surface area (Å²) < 4.78 is 5.98. The highest BCUT2D eigenvalue weighted by molar-refractivity contribution is 5.94. The second kappa shape index (κ2) is 7.17. The number of rotatable bonds is 2. The van der Waals surface area contributed by atoms with Crippen LogP contribution >= 0.6 is 0 Å². The van der Waals surface area contributed by atoms with Gasteiger partial charge in [0.2, 0.25) is 0 Å². The quantitative estimate of drug-likeness (QED) is 0.703. The summed E-state index contributed by atoms with van der Waals surface area (Å²) in [5.41, 5.74) is 9.95. The number of aromatic nitrogens is 1. The molecule has 0 saturated carbocycles. The summed E-state index contributed by atoms with van der Waals surface area (Å²) in [7, 11) is 0. The van der Waals surface area contributed by atoms with Crippen molar-refractivity contribution in [2.45, 2.75) is 57.5 Å². The predicted molar refractivity (Wildman–Crippen MR) is 106 cm³/mol. The fraction of sp³-hybridized carbons (Fsp3) is 0.571. The summed E-state index contributed by atoms with van der Waals surface area (Å²) in [5.74, 6) is -0.175. The minimum absolute atomic E-state index is 0.165. The van der Waals surface area contributed by atoms with Gasteiger partial charge < -0.3 is 20.7 Å². The molecule has 4 rings (SSSR count). The molecule has 2 aromatic rings. The lowest BCUT2D eigenvalue weighted by Crippen LogP contribution is -2.48. The van der Waals surface area contributed by atoms with Gasteiger partial charge in [0.15, 0.2) is 11.5 Å². The average Bonchev–Trinajstić information content (AvgIpc) is 2.86. The summed E-state index contributed by atoms with van der Waals surface area (Å²) in [4.78, 5) is 7.38. The molecule has 6 nitrogen and oxygen atoms in total. The first-order valence-electron chi connectivity index (χ1n) is 9.94. The van der Waals surface area contributed by atoms with Crippen molar-refractivity contribution in [2.75, 3.05) is 25.5 Å². The van der Waals surface area contributed by atoms with E-state index in [9.17, 15) is 10.2 Å². The van der Waals surface area contributed by atoms with E-state index >= 15 is 0 Å². The third-order valence-corrected chi connectivity index (χ3v) is 6.11. The normalized spacial score (nSPS) is 24.1. The van der Waals surface area contributed by atoms with Crippen molar-refractivity contribution in [1.82, 2.24) is 9.88 Å². The Morgan fingerprint density at radius 2 is 2.00 bits per heavy atom. The number of phenols is 2. The molecule has 2 aliphatic heterocycles. The zero-order valence-electron chi connectivity index (χ0n) is 16.1. The molecule has 6 heteroatoms. The Bertz CT molecular complexity index is 852. The van der Waals surface area contributed by atoms with E-state index in [0.29, 0.717) is 48.3 Å².